The van der Waals surface area contributed by atoms with Gasteiger partial charge in [0.15, 0.2) is 0 Å². The first-order chi connectivity index (χ1) is 12.8. The fourth-order valence-electron chi connectivity index (χ4n) is 2.56. The van der Waals surface area contributed by atoms with Crippen molar-refractivity contribution in [3.8, 4) is 5.75 Å². The Morgan fingerprint density at radius 1 is 0.963 bits per heavy atom. The van der Waals surface area contributed by atoms with E-state index in [1.807, 2.05) is 6.92 Å². The van der Waals surface area contributed by atoms with Gasteiger partial charge >= 0.3 is 5.69 Å². The van der Waals surface area contributed by atoms with Crippen molar-refractivity contribution in [3.05, 3.63) is 82.0 Å². The van der Waals surface area contributed by atoms with Crippen LogP contribution >= 0.6 is 0 Å². The molecule has 0 aliphatic carbocycles. The number of methoxy groups -OCH3 is 1. The summed E-state index contributed by atoms with van der Waals surface area (Å²) in [5.41, 5.74) is 1.01. The number of benzene rings is 2. The van der Waals surface area contributed by atoms with Crippen LogP contribution in [0.2, 0.25) is 0 Å². The van der Waals surface area contributed by atoms with Crippen LogP contribution < -0.4 is 10.4 Å². The van der Waals surface area contributed by atoms with E-state index in [4.69, 9.17) is 4.74 Å². The monoisotopic (exact) mass is 386 g/mol. The van der Waals surface area contributed by atoms with Crippen LogP contribution in [-0.4, -0.2) is 30.0 Å². The van der Waals surface area contributed by atoms with E-state index >= 15 is 0 Å². The van der Waals surface area contributed by atoms with Crippen molar-refractivity contribution in [2.24, 2.45) is 0 Å². The molecule has 8 heteroatoms. The lowest BCUT2D eigenvalue weighted by atomic mass is 10.1. The second-order valence-electron chi connectivity index (χ2n) is 6.03. The van der Waals surface area contributed by atoms with Crippen LogP contribution in [0, 0.1) is 13.8 Å². The summed E-state index contributed by atoms with van der Waals surface area (Å²) in [6, 6.07) is 10.8. The minimum atomic E-state index is -4.10. The summed E-state index contributed by atoms with van der Waals surface area (Å²) in [6.45, 7) is 3.65. The molecule has 0 N–H and O–H groups in total. The molecule has 0 saturated carbocycles. The van der Waals surface area contributed by atoms with Crippen molar-refractivity contribution in [1.82, 2.24) is 8.54 Å². The number of aryl methyl sites for hydroxylation is 2. The largest absolute Gasteiger partial charge is 0.497 e. The Morgan fingerprint density at radius 2 is 1.63 bits per heavy atom. The molecule has 0 amide bonds. The van der Waals surface area contributed by atoms with Gasteiger partial charge in [0.25, 0.3) is 15.9 Å². The van der Waals surface area contributed by atoms with Gasteiger partial charge in [0.05, 0.1) is 12.0 Å². The number of nitrogens with zero attached hydrogens (tertiary/aromatic N) is 2. The summed E-state index contributed by atoms with van der Waals surface area (Å²) in [4.78, 5) is 25.1. The average Bonchev–Trinajstić information content (AvgIpc) is 3.05. The highest BCUT2D eigenvalue weighted by Crippen LogP contribution is 2.17. The summed E-state index contributed by atoms with van der Waals surface area (Å²) in [5, 5.41) is 0. The molecule has 3 aromatic rings. The zero-order valence-corrected chi connectivity index (χ0v) is 15.9. The lowest BCUT2D eigenvalue weighted by Gasteiger charge is -2.07. The molecule has 27 heavy (non-hydrogen) atoms. The van der Waals surface area contributed by atoms with Crippen LogP contribution in [0.25, 0.3) is 0 Å². The predicted molar refractivity (Wildman–Crippen MR) is 99.9 cm³/mol. The fraction of sp³-hybridized carbons (Fsp3) is 0.158. The molecule has 3 rings (SSSR count). The Kier molecular flexibility index (Phi) is 4.75. The Balaban J connectivity index is 2.02. The molecule has 0 bridgehead atoms. The molecule has 0 unspecified atom stereocenters. The zero-order valence-electron chi connectivity index (χ0n) is 15.0. The maximum Gasteiger partial charge on any atom is 0.349 e. The van der Waals surface area contributed by atoms with Gasteiger partial charge in [-0.15, -0.1) is 0 Å². The number of ether oxygens (including phenoxy) is 1. The fourth-order valence-corrected chi connectivity index (χ4v) is 3.86. The molecule has 0 spiro atoms. The average molecular weight is 386 g/mol. The molecular formula is C19H18N2O5S. The van der Waals surface area contributed by atoms with Crippen molar-refractivity contribution < 1.29 is 17.9 Å². The highest BCUT2D eigenvalue weighted by molar-refractivity contribution is 7.90. The SMILES string of the molecule is COc1ccc(C(=O)n2ccn(S(=O)(=O)c3ccc(C)c(C)c3)c2=O)cc1. The normalized spacial score (nSPS) is 11.4. The number of imidazole rings is 1. The van der Waals surface area contributed by atoms with Gasteiger partial charge in [-0.1, -0.05) is 6.07 Å². The van der Waals surface area contributed by atoms with Crippen LogP contribution in [0.5, 0.6) is 5.75 Å². The Hall–Kier alpha value is -3.13. The number of rotatable bonds is 4. The lowest BCUT2D eigenvalue weighted by molar-refractivity contribution is 0.0956. The third-order valence-electron chi connectivity index (χ3n) is 4.34. The Bertz CT molecular complexity index is 1170. The van der Waals surface area contributed by atoms with E-state index < -0.39 is 21.6 Å². The highest BCUT2D eigenvalue weighted by Gasteiger charge is 2.23. The number of aromatic nitrogens is 2. The van der Waals surface area contributed by atoms with E-state index in [-0.39, 0.29) is 10.5 Å². The molecule has 140 valence electrons. The van der Waals surface area contributed by atoms with Gasteiger partial charge in [0.2, 0.25) is 0 Å². The summed E-state index contributed by atoms with van der Waals surface area (Å²) in [7, 11) is -2.60. The molecule has 0 aliphatic heterocycles. The first-order valence-electron chi connectivity index (χ1n) is 8.07. The molecule has 1 aromatic heterocycles. The van der Waals surface area contributed by atoms with Crippen molar-refractivity contribution in [2.45, 2.75) is 18.7 Å². The Morgan fingerprint density at radius 3 is 2.22 bits per heavy atom. The summed E-state index contributed by atoms with van der Waals surface area (Å²) >= 11 is 0. The number of carbonyl (C=O) groups is 1. The molecule has 2 aromatic carbocycles. The van der Waals surface area contributed by atoms with E-state index in [1.165, 1.54) is 31.4 Å². The maximum absolute atomic E-state index is 12.8. The van der Waals surface area contributed by atoms with E-state index in [1.54, 1.807) is 25.1 Å². The summed E-state index contributed by atoms with van der Waals surface area (Å²) in [6.07, 6.45) is 2.22. The predicted octanol–water partition coefficient (Wildman–Crippen LogP) is 2.20. The van der Waals surface area contributed by atoms with Crippen molar-refractivity contribution in [2.75, 3.05) is 7.11 Å². The van der Waals surface area contributed by atoms with Crippen LogP contribution in [-0.2, 0) is 10.0 Å². The molecule has 0 saturated heterocycles. The van der Waals surface area contributed by atoms with Crippen LogP contribution in [0.3, 0.4) is 0 Å². The van der Waals surface area contributed by atoms with E-state index in [9.17, 15) is 18.0 Å². The van der Waals surface area contributed by atoms with Gasteiger partial charge in [-0.25, -0.2) is 17.8 Å². The van der Waals surface area contributed by atoms with Gasteiger partial charge < -0.3 is 4.74 Å². The zero-order chi connectivity index (χ0) is 19.8. The van der Waals surface area contributed by atoms with Gasteiger partial charge in [0.1, 0.15) is 5.75 Å². The second kappa shape index (κ2) is 6.88. The molecule has 1 heterocycles. The molecule has 0 fully saturated rings. The van der Waals surface area contributed by atoms with Crippen LogP contribution in [0.4, 0.5) is 0 Å². The summed E-state index contributed by atoms with van der Waals surface area (Å²) < 4.78 is 32.0. The second-order valence-corrected chi connectivity index (χ2v) is 7.85. The number of hydrogen-bond donors (Lipinski definition) is 0. The maximum atomic E-state index is 12.8. The van der Waals surface area contributed by atoms with Crippen molar-refractivity contribution in [3.63, 3.8) is 0 Å². The van der Waals surface area contributed by atoms with Gasteiger partial charge in [-0.3, -0.25) is 4.79 Å². The number of hydrogen-bond acceptors (Lipinski definition) is 5. The van der Waals surface area contributed by atoms with E-state index in [2.05, 4.69) is 0 Å². The quantitative estimate of drug-likeness (QED) is 0.686. The lowest BCUT2D eigenvalue weighted by Crippen LogP contribution is -2.32. The minimum absolute atomic E-state index is 0.0117. The standard InChI is InChI=1S/C19H18N2O5S/c1-13-4-9-17(12-14(13)2)27(24,25)21-11-10-20(19(21)23)18(22)15-5-7-16(26-3)8-6-15/h4-12H,1-3H3. The molecular weight excluding hydrogens is 368 g/mol. The smallest absolute Gasteiger partial charge is 0.349 e. The summed E-state index contributed by atoms with van der Waals surface area (Å²) in [5.74, 6) is -0.0644. The van der Waals surface area contributed by atoms with E-state index in [0.29, 0.717) is 9.72 Å². The van der Waals surface area contributed by atoms with Gasteiger partial charge in [-0.2, -0.15) is 3.97 Å². The highest BCUT2D eigenvalue weighted by atomic mass is 32.2. The molecule has 0 aliphatic rings. The first kappa shape index (κ1) is 18.7. The first-order valence-corrected chi connectivity index (χ1v) is 9.51. The van der Waals surface area contributed by atoms with E-state index in [0.717, 1.165) is 28.1 Å². The molecule has 0 atom stereocenters. The topological polar surface area (TPSA) is 87.4 Å². The van der Waals surface area contributed by atoms with Crippen molar-refractivity contribution >= 4 is 15.9 Å². The van der Waals surface area contributed by atoms with Gasteiger partial charge in [0, 0.05) is 18.0 Å². The van der Waals surface area contributed by atoms with Crippen LogP contribution in [0.1, 0.15) is 21.5 Å². The molecule has 7 nitrogen and oxygen atoms in total. The third-order valence-corrected chi connectivity index (χ3v) is 5.98. The number of carbonyl (C=O) groups excluding carboxylic acids is 1. The third kappa shape index (κ3) is 3.31. The Labute approximate surface area is 156 Å². The van der Waals surface area contributed by atoms with Gasteiger partial charge in [-0.05, 0) is 61.4 Å². The minimum Gasteiger partial charge on any atom is -0.497 e. The van der Waals surface area contributed by atoms with Crippen molar-refractivity contribution in [1.29, 1.82) is 0 Å². The molecule has 0 radical (unpaired) electrons. The van der Waals surface area contributed by atoms with Crippen LogP contribution in [0.15, 0.2) is 64.5 Å².